The largest absolute Gasteiger partial charge is 0.493 e. The fourth-order valence-electron chi connectivity index (χ4n) is 1.64. The second-order valence-corrected chi connectivity index (χ2v) is 4.41. The van der Waals surface area contributed by atoms with Gasteiger partial charge < -0.3 is 9.47 Å². The number of hydrogen-bond acceptors (Lipinski definition) is 5. The standard InChI is InChI=1S/C13H17NO4/c1-13(2,12(15)8-14-16)9-5-6-10(17-3)11(7-9)18-4/h5-7H,8H2,1-4H3. The quantitative estimate of drug-likeness (QED) is 0.728. The van der Waals surface area contributed by atoms with Crippen LogP contribution in [0, 0.1) is 4.91 Å². The van der Waals surface area contributed by atoms with Gasteiger partial charge in [-0.05, 0) is 31.5 Å². The smallest absolute Gasteiger partial charge is 0.167 e. The monoisotopic (exact) mass is 251 g/mol. The maximum absolute atomic E-state index is 11.9. The molecule has 1 aromatic rings. The number of benzene rings is 1. The molecule has 0 amide bonds. The molecule has 5 nitrogen and oxygen atoms in total. The van der Waals surface area contributed by atoms with Crippen LogP contribution in [0.4, 0.5) is 0 Å². The average Bonchev–Trinajstić information content (AvgIpc) is 2.38. The van der Waals surface area contributed by atoms with Crippen LogP contribution in [0.2, 0.25) is 0 Å². The van der Waals surface area contributed by atoms with Crippen molar-refractivity contribution in [3.63, 3.8) is 0 Å². The van der Waals surface area contributed by atoms with Crippen LogP contribution < -0.4 is 9.47 Å². The summed E-state index contributed by atoms with van der Waals surface area (Å²) in [5.41, 5.74) is -0.0261. The molecule has 0 fully saturated rings. The number of carbonyl (C=O) groups excluding carboxylic acids is 1. The van der Waals surface area contributed by atoms with E-state index in [0.717, 1.165) is 5.56 Å². The van der Waals surface area contributed by atoms with Crippen molar-refractivity contribution >= 4 is 5.78 Å². The molecular formula is C13H17NO4. The molecule has 0 heterocycles. The molecule has 0 saturated heterocycles. The molecule has 0 atom stereocenters. The topological polar surface area (TPSA) is 65.0 Å². The average molecular weight is 251 g/mol. The summed E-state index contributed by atoms with van der Waals surface area (Å²) >= 11 is 0. The molecule has 18 heavy (non-hydrogen) atoms. The van der Waals surface area contributed by atoms with Crippen molar-refractivity contribution in [3.05, 3.63) is 28.7 Å². The summed E-state index contributed by atoms with van der Waals surface area (Å²) in [6.45, 7) is 3.17. The lowest BCUT2D eigenvalue weighted by Crippen LogP contribution is -2.31. The first-order chi connectivity index (χ1) is 8.47. The molecule has 98 valence electrons. The highest BCUT2D eigenvalue weighted by atomic mass is 16.5. The van der Waals surface area contributed by atoms with E-state index in [-0.39, 0.29) is 12.3 Å². The highest BCUT2D eigenvalue weighted by Gasteiger charge is 2.30. The first kappa shape index (κ1) is 14.2. The van der Waals surface area contributed by atoms with Crippen molar-refractivity contribution in [1.82, 2.24) is 0 Å². The fourth-order valence-corrected chi connectivity index (χ4v) is 1.64. The van der Waals surface area contributed by atoms with Gasteiger partial charge in [0.2, 0.25) is 0 Å². The molecule has 0 aliphatic carbocycles. The molecule has 0 saturated carbocycles. The van der Waals surface area contributed by atoms with Crippen LogP contribution in [0.25, 0.3) is 0 Å². The normalized spacial score (nSPS) is 10.9. The number of Topliss-reactive ketones (excluding diaryl/α,β-unsaturated/α-hetero) is 1. The van der Waals surface area contributed by atoms with E-state index >= 15 is 0 Å². The molecule has 1 aromatic carbocycles. The minimum atomic E-state index is -0.784. The molecule has 1 rings (SSSR count). The lowest BCUT2D eigenvalue weighted by atomic mass is 9.80. The van der Waals surface area contributed by atoms with Crippen LogP contribution in [0.3, 0.4) is 0 Å². The number of nitroso groups, excluding NO2 is 1. The Labute approximate surface area is 106 Å². The Hall–Kier alpha value is -1.91. The summed E-state index contributed by atoms with van der Waals surface area (Å²) in [7, 11) is 3.08. The summed E-state index contributed by atoms with van der Waals surface area (Å²) in [5.74, 6) is 0.915. The van der Waals surface area contributed by atoms with E-state index in [2.05, 4.69) is 5.18 Å². The maximum atomic E-state index is 11.9. The Morgan fingerprint density at radius 1 is 1.22 bits per heavy atom. The first-order valence-corrected chi connectivity index (χ1v) is 5.52. The number of ketones is 1. The number of carbonyl (C=O) groups is 1. The minimum Gasteiger partial charge on any atom is -0.493 e. The van der Waals surface area contributed by atoms with Crippen LogP contribution in [0.15, 0.2) is 23.4 Å². The van der Waals surface area contributed by atoms with Gasteiger partial charge >= 0.3 is 0 Å². The Morgan fingerprint density at radius 3 is 2.33 bits per heavy atom. The number of nitrogens with zero attached hydrogens (tertiary/aromatic N) is 1. The minimum absolute atomic E-state index is 0.232. The van der Waals surface area contributed by atoms with Crippen molar-refractivity contribution in [1.29, 1.82) is 0 Å². The maximum Gasteiger partial charge on any atom is 0.167 e. The summed E-state index contributed by atoms with van der Waals surface area (Å²) in [5, 5.41) is 2.65. The summed E-state index contributed by atoms with van der Waals surface area (Å²) in [6.07, 6.45) is 0. The van der Waals surface area contributed by atoms with Crippen molar-refractivity contribution in [2.45, 2.75) is 19.3 Å². The zero-order valence-electron chi connectivity index (χ0n) is 11.0. The van der Waals surface area contributed by atoms with Gasteiger partial charge in [0.1, 0.15) is 6.54 Å². The zero-order chi connectivity index (χ0) is 13.8. The van der Waals surface area contributed by atoms with Gasteiger partial charge in [-0.25, -0.2) is 0 Å². The molecule has 5 heteroatoms. The molecule has 0 aromatic heterocycles. The van der Waals surface area contributed by atoms with Gasteiger partial charge in [0.25, 0.3) is 0 Å². The summed E-state index contributed by atoms with van der Waals surface area (Å²) in [6, 6.07) is 5.25. The van der Waals surface area contributed by atoms with Gasteiger partial charge in [-0.3, -0.25) is 4.79 Å². The highest BCUT2D eigenvalue weighted by Crippen LogP contribution is 2.33. The molecular weight excluding hydrogens is 234 g/mol. The lowest BCUT2D eigenvalue weighted by Gasteiger charge is -2.23. The Morgan fingerprint density at radius 2 is 1.83 bits per heavy atom. The van der Waals surface area contributed by atoms with E-state index in [0.29, 0.717) is 11.5 Å². The van der Waals surface area contributed by atoms with E-state index in [9.17, 15) is 9.70 Å². The van der Waals surface area contributed by atoms with Gasteiger partial charge in [-0.15, -0.1) is 0 Å². The van der Waals surface area contributed by atoms with E-state index in [1.165, 1.54) is 7.11 Å². The third-order valence-corrected chi connectivity index (χ3v) is 3.01. The van der Waals surface area contributed by atoms with E-state index in [1.807, 2.05) is 0 Å². The van der Waals surface area contributed by atoms with E-state index in [1.54, 1.807) is 39.2 Å². The van der Waals surface area contributed by atoms with Crippen LogP contribution in [-0.2, 0) is 10.2 Å². The third kappa shape index (κ3) is 2.67. The number of hydrogen-bond donors (Lipinski definition) is 0. The molecule has 0 spiro atoms. The first-order valence-electron chi connectivity index (χ1n) is 5.52. The van der Waals surface area contributed by atoms with Crippen LogP contribution in [-0.4, -0.2) is 26.5 Å². The van der Waals surface area contributed by atoms with Gasteiger partial charge in [0.05, 0.1) is 19.6 Å². The van der Waals surface area contributed by atoms with E-state index < -0.39 is 5.41 Å². The highest BCUT2D eigenvalue weighted by molar-refractivity contribution is 5.91. The Balaban J connectivity index is 3.16. The van der Waals surface area contributed by atoms with E-state index in [4.69, 9.17) is 9.47 Å². The van der Waals surface area contributed by atoms with Gasteiger partial charge in [0.15, 0.2) is 17.3 Å². The Bertz CT molecular complexity index is 454. The SMILES string of the molecule is COc1ccc(C(C)(C)C(=O)CN=O)cc1OC. The molecule has 0 aliphatic heterocycles. The predicted molar refractivity (Wildman–Crippen MR) is 68.2 cm³/mol. The molecule has 0 aliphatic rings. The fraction of sp³-hybridized carbons (Fsp3) is 0.462. The third-order valence-electron chi connectivity index (χ3n) is 3.01. The second kappa shape index (κ2) is 5.62. The van der Waals surface area contributed by atoms with Crippen LogP contribution in [0.5, 0.6) is 11.5 Å². The van der Waals surface area contributed by atoms with Gasteiger partial charge in [0, 0.05) is 0 Å². The van der Waals surface area contributed by atoms with Crippen molar-refractivity contribution in [3.8, 4) is 11.5 Å². The molecule has 0 radical (unpaired) electrons. The van der Waals surface area contributed by atoms with Gasteiger partial charge in [-0.2, -0.15) is 4.91 Å². The van der Waals surface area contributed by atoms with Crippen LogP contribution >= 0.6 is 0 Å². The van der Waals surface area contributed by atoms with Gasteiger partial charge in [-0.1, -0.05) is 11.2 Å². The number of ether oxygens (including phenoxy) is 2. The second-order valence-electron chi connectivity index (χ2n) is 4.41. The predicted octanol–water partition coefficient (Wildman–Crippen LogP) is 2.32. The number of methoxy groups -OCH3 is 2. The zero-order valence-corrected chi connectivity index (χ0v) is 11.0. The van der Waals surface area contributed by atoms with Crippen molar-refractivity contribution in [2.24, 2.45) is 5.18 Å². The number of rotatable bonds is 6. The lowest BCUT2D eigenvalue weighted by molar-refractivity contribution is -0.122. The summed E-state index contributed by atoms with van der Waals surface area (Å²) < 4.78 is 10.3. The van der Waals surface area contributed by atoms with Crippen molar-refractivity contribution in [2.75, 3.05) is 20.8 Å². The molecule has 0 N–H and O–H groups in total. The van der Waals surface area contributed by atoms with Crippen LogP contribution in [0.1, 0.15) is 19.4 Å². The summed E-state index contributed by atoms with van der Waals surface area (Å²) in [4.78, 5) is 22.1. The molecule has 0 unspecified atom stereocenters. The molecule has 0 bridgehead atoms. The Kier molecular flexibility index (Phi) is 4.42. The van der Waals surface area contributed by atoms with Crippen molar-refractivity contribution < 1.29 is 14.3 Å².